The number of hydrogen-bond donors (Lipinski definition) is 3. The molecule has 3 aromatic heterocycles. The lowest BCUT2D eigenvalue weighted by Gasteiger charge is -2.06. The molecule has 0 radical (unpaired) electrons. The quantitative estimate of drug-likeness (QED) is 0.528. The van der Waals surface area contributed by atoms with Gasteiger partial charge in [0, 0.05) is 11.6 Å². The summed E-state index contributed by atoms with van der Waals surface area (Å²) in [6, 6.07) is 6.66. The van der Waals surface area contributed by atoms with Gasteiger partial charge < -0.3 is 15.7 Å². The highest BCUT2D eigenvalue weighted by atomic mass is 35.5. The number of amides is 2. The fourth-order valence-corrected chi connectivity index (χ4v) is 3.48. The van der Waals surface area contributed by atoms with Crippen LogP contribution in [0.4, 0.5) is 16.2 Å². The molecule has 0 fully saturated rings. The molecule has 8 heteroatoms. The van der Waals surface area contributed by atoms with Crippen LogP contribution >= 0.6 is 34.3 Å². The number of anilines is 2. The van der Waals surface area contributed by atoms with E-state index in [9.17, 15) is 9.90 Å². The highest BCUT2D eigenvalue weighted by Gasteiger charge is 2.15. The second-order valence-electron chi connectivity index (χ2n) is 4.23. The van der Waals surface area contributed by atoms with E-state index in [0.717, 1.165) is 0 Å². The van der Waals surface area contributed by atoms with Crippen molar-refractivity contribution in [3.05, 3.63) is 45.6 Å². The number of rotatable bonds is 3. The van der Waals surface area contributed by atoms with Crippen LogP contribution in [0.15, 0.2) is 41.2 Å². The van der Waals surface area contributed by atoms with Gasteiger partial charge in [0.15, 0.2) is 5.75 Å². The Balaban J connectivity index is 0.00000100. The molecule has 126 valence electrons. The number of urea groups is 1. The molecule has 5 nitrogen and oxygen atoms in total. The van der Waals surface area contributed by atoms with Gasteiger partial charge in [-0.2, -0.15) is 0 Å². The van der Waals surface area contributed by atoms with Gasteiger partial charge in [-0.1, -0.05) is 31.5 Å². The van der Waals surface area contributed by atoms with Crippen molar-refractivity contribution in [3.63, 3.8) is 0 Å². The summed E-state index contributed by atoms with van der Waals surface area (Å²) in [6.07, 6.45) is 1.65. The fraction of sp³-hybridized carbons (Fsp3) is 0.125. The Kier molecular flexibility index (Phi) is 6.60. The zero-order chi connectivity index (χ0) is 17.5. The van der Waals surface area contributed by atoms with Crippen molar-refractivity contribution >= 4 is 51.7 Å². The van der Waals surface area contributed by atoms with E-state index >= 15 is 0 Å². The number of carbonyl (C=O) groups is 1. The van der Waals surface area contributed by atoms with Gasteiger partial charge in [0.1, 0.15) is 4.34 Å². The molecule has 0 aromatic carbocycles. The van der Waals surface area contributed by atoms with Gasteiger partial charge in [-0.05, 0) is 23.6 Å². The average molecular weight is 382 g/mol. The van der Waals surface area contributed by atoms with E-state index in [0.29, 0.717) is 26.3 Å². The number of nitrogens with zero attached hydrogens (tertiary/aromatic N) is 1. The first-order chi connectivity index (χ1) is 11.6. The lowest BCUT2D eigenvalue weighted by molar-refractivity contribution is 0.262. The minimum Gasteiger partial charge on any atom is -0.504 e. The molecule has 3 N–H and O–H groups in total. The lowest BCUT2D eigenvalue weighted by atomic mass is 10.3. The summed E-state index contributed by atoms with van der Waals surface area (Å²) in [5.74, 6) is -0.00438. The molecule has 0 saturated heterocycles. The molecular weight excluding hydrogens is 366 g/mol. The van der Waals surface area contributed by atoms with Crippen molar-refractivity contribution in [1.82, 2.24) is 4.98 Å². The molecule has 0 saturated carbocycles. The third kappa shape index (κ3) is 4.25. The van der Waals surface area contributed by atoms with E-state index in [4.69, 9.17) is 11.6 Å². The van der Waals surface area contributed by atoms with Crippen LogP contribution < -0.4 is 10.6 Å². The van der Waals surface area contributed by atoms with E-state index in [-0.39, 0.29) is 5.75 Å². The molecule has 24 heavy (non-hydrogen) atoms. The number of nitrogens with one attached hydrogen (secondary N) is 2. The predicted octanol–water partition coefficient (Wildman–Crippen LogP) is 5.90. The number of thiophene rings is 2. The maximum atomic E-state index is 11.9. The maximum absolute atomic E-state index is 11.9. The summed E-state index contributed by atoms with van der Waals surface area (Å²) in [5, 5.41) is 18.9. The SMILES string of the molecule is CC.O=C(Nc1ccsc1Cl)Nc1csc(-c2ccccn2)c1O. The van der Waals surface area contributed by atoms with Crippen LogP contribution in [-0.2, 0) is 0 Å². The van der Waals surface area contributed by atoms with Crippen molar-refractivity contribution in [2.24, 2.45) is 0 Å². The minimum atomic E-state index is -0.471. The Labute approximate surface area is 153 Å². The first-order valence-corrected chi connectivity index (χ1v) is 9.31. The molecule has 0 aliphatic heterocycles. The van der Waals surface area contributed by atoms with E-state index in [1.54, 1.807) is 35.2 Å². The molecule has 0 unspecified atom stereocenters. The molecule has 0 aliphatic carbocycles. The van der Waals surface area contributed by atoms with Crippen LogP contribution in [-0.4, -0.2) is 16.1 Å². The Morgan fingerprint density at radius 3 is 2.54 bits per heavy atom. The maximum Gasteiger partial charge on any atom is 0.323 e. The Bertz CT molecular complexity index is 803. The minimum absolute atomic E-state index is 0.00438. The van der Waals surface area contributed by atoms with Crippen LogP contribution in [0.25, 0.3) is 10.6 Å². The van der Waals surface area contributed by atoms with Crippen LogP contribution in [0.5, 0.6) is 5.75 Å². The van der Waals surface area contributed by atoms with Gasteiger partial charge in [0.25, 0.3) is 0 Å². The molecule has 0 atom stereocenters. The summed E-state index contributed by atoms with van der Waals surface area (Å²) >= 11 is 8.55. The van der Waals surface area contributed by atoms with Gasteiger partial charge in [-0.15, -0.1) is 22.7 Å². The van der Waals surface area contributed by atoms with Crippen molar-refractivity contribution < 1.29 is 9.90 Å². The molecule has 3 rings (SSSR count). The van der Waals surface area contributed by atoms with Gasteiger partial charge in [-0.25, -0.2) is 4.79 Å². The monoisotopic (exact) mass is 381 g/mol. The molecule has 0 spiro atoms. The van der Waals surface area contributed by atoms with Gasteiger partial charge >= 0.3 is 6.03 Å². The Morgan fingerprint density at radius 2 is 1.92 bits per heavy atom. The van der Waals surface area contributed by atoms with Crippen molar-refractivity contribution in [2.75, 3.05) is 10.6 Å². The molecule has 0 aliphatic rings. The number of aromatic hydroxyl groups is 1. The fourth-order valence-electron chi connectivity index (χ4n) is 1.78. The van der Waals surface area contributed by atoms with E-state index in [2.05, 4.69) is 15.6 Å². The van der Waals surface area contributed by atoms with Gasteiger partial charge in [-0.3, -0.25) is 4.98 Å². The zero-order valence-corrected chi connectivity index (χ0v) is 15.4. The van der Waals surface area contributed by atoms with Gasteiger partial charge in [0.2, 0.25) is 0 Å². The summed E-state index contributed by atoms with van der Waals surface area (Å²) in [7, 11) is 0. The Morgan fingerprint density at radius 1 is 1.17 bits per heavy atom. The van der Waals surface area contributed by atoms with Crippen molar-refractivity contribution in [3.8, 4) is 16.3 Å². The Hall–Kier alpha value is -2.09. The van der Waals surface area contributed by atoms with Crippen LogP contribution in [0.1, 0.15) is 13.8 Å². The first-order valence-electron chi connectivity index (χ1n) is 7.18. The lowest BCUT2D eigenvalue weighted by Crippen LogP contribution is -2.18. The molecule has 3 aromatic rings. The van der Waals surface area contributed by atoms with E-state index in [1.807, 2.05) is 19.9 Å². The number of hydrogen-bond acceptors (Lipinski definition) is 5. The molecule has 0 bridgehead atoms. The van der Waals surface area contributed by atoms with Crippen molar-refractivity contribution in [2.45, 2.75) is 13.8 Å². The average Bonchev–Trinajstić information content (AvgIpc) is 3.17. The summed E-state index contributed by atoms with van der Waals surface area (Å²) in [4.78, 5) is 16.7. The number of pyridine rings is 1. The summed E-state index contributed by atoms with van der Waals surface area (Å²) in [6.45, 7) is 4.00. The van der Waals surface area contributed by atoms with Crippen LogP contribution in [0.2, 0.25) is 4.34 Å². The molecule has 2 amide bonds. The van der Waals surface area contributed by atoms with Gasteiger partial charge in [0.05, 0.1) is 21.9 Å². The predicted molar refractivity (Wildman–Crippen MR) is 103 cm³/mol. The summed E-state index contributed by atoms with van der Waals surface area (Å²) < 4.78 is 0.499. The standard InChI is InChI=1S/C14H10ClN3O2S2.C2H6/c15-13-9(4-6-21-13)17-14(20)18-10-7-22-12(11(10)19)8-3-1-2-5-16-8;1-2/h1-7,19H,(H2,17,18,20);1-2H3. The topological polar surface area (TPSA) is 74.2 Å². The molecular formula is C16H16ClN3O2S2. The second kappa shape index (κ2) is 8.68. The highest BCUT2D eigenvalue weighted by molar-refractivity contribution is 7.15. The van der Waals surface area contributed by atoms with E-state index < -0.39 is 6.03 Å². The smallest absolute Gasteiger partial charge is 0.323 e. The third-order valence-corrected chi connectivity index (χ3v) is 4.94. The third-order valence-electron chi connectivity index (χ3n) is 2.78. The zero-order valence-electron chi connectivity index (χ0n) is 13.0. The normalized spacial score (nSPS) is 9.79. The molecule has 3 heterocycles. The summed E-state index contributed by atoms with van der Waals surface area (Å²) in [5.41, 5.74) is 1.51. The van der Waals surface area contributed by atoms with Crippen molar-refractivity contribution in [1.29, 1.82) is 0 Å². The second-order valence-corrected chi connectivity index (χ2v) is 6.63. The largest absolute Gasteiger partial charge is 0.504 e. The number of carbonyl (C=O) groups excluding carboxylic acids is 1. The van der Waals surface area contributed by atoms with Crippen LogP contribution in [0, 0.1) is 0 Å². The van der Waals surface area contributed by atoms with Crippen LogP contribution in [0.3, 0.4) is 0 Å². The number of halogens is 1. The number of aromatic nitrogens is 1. The first kappa shape index (κ1) is 18.3. The highest BCUT2D eigenvalue weighted by Crippen LogP contribution is 2.40. The van der Waals surface area contributed by atoms with E-state index in [1.165, 1.54) is 22.7 Å².